The second kappa shape index (κ2) is 5.29. The Kier molecular flexibility index (Phi) is 3.76. The summed E-state index contributed by atoms with van der Waals surface area (Å²) in [6.45, 7) is 0. The molecule has 0 saturated heterocycles. The van der Waals surface area contributed by atoms with Gasteiger partial charge in [0.1, 0.15) is 4.99 Å². The van der Waals surface area contributed by atoms with Crippen LogP contribution in [0.15, 0.2) is 53.0 Å². The molecule has 0 spiro atoms. The lowest BCUT2D eigenvalue weighted by atomic mass is 10.2. The zero-order valence-corrected chi connectivity index (χ0v) is 11.4. The molecule has 0 bridgehead atoms. The first kappa shape index (κ1) is 12.1. The molecular formula is C13H11BrN2S. The van der Waals surface area contributed by atoms with E-state index < -0.39 is 0 Å². The maximum absolute atomic E-state index is 5.54. The van der Waals surface area contributed by atoms with E-state index in [-0.39, 0.29) is 0 Å². The molecule has 2 rings (SSSR count). The first-order valence-electron chi connectivity index (χ1n) is 5.07. The summed E-state index contributed by atoms with van der Waals surface area (Å²) in [6, 6.07) is 15.7. The van der Waals surface area contributed by atoms with Crippen molar-refractivity contribution in [3.8, 4) is 0 Å². The van der Waals surface area contributed by atoms with Gasteiger partial charge < -0.3 is 11.1 Å². The van der Waals surface area contributed by atoms with Gasteiger partial charge in [0.25, 0.3) is 0 Å². The van der Waals surface area contributed by atoms with E-state index in [1.807, 2.05) is 48.5 Å². The minimum atomic E-state index is 0.416. The number of hydrogen-bond acceptors (Lipinski definition) is 2. The monoisotopic (exact) mass is 306 g/mol. The molecular weight excluding hydrogens is 296 g/mol. The second-order valence-electron chi connectivity index (χ2n) is 3.58. The molecule has 0 amide bonds. The predicted molar refractivity (Wildman–Crippen MR) is 79.8 cm³/mol. The van der Waals surface area contributed by atoms with Crippen molar-refractivity contribution in [3.63, 3.8) is 0 Å². The van der Waals surface area contributed by atoms with Gasteiger partial charge in [0.05, 0.1) is 0 Å². The van der Waals surface area contributed by atoms with Gasteiger partial charge in [0.15, 0.2) is 0 Å². The Balaban J connectivity index is 2.16. The van der Waals surface area contributed by atoms with Crippen LogP contribution >= 0.6 is 28.1 Å². The molecule has 0 radical (unpaired) electrons. The number of rotatable bonds is 3. The Morgan fingerprint density at radius 2 is 1.76 bits per heavy atom. The van der Waals surface area contributed by atoms with Gasteiger partial charge in [-0.25, -0.2) is 0 Å². The van der Waals surface area contributed by atoms with Crippen molar-refractivity contribution >= 4 is 44.5 Å². The van der Waals surface area contributed by atoms with Crippen molar-refractivity contribution in [2.75, 3.05) is 5.32 Å². The molecule has 0 aliphatic carbocycles. The van der Waals surface area contributed by atoms with E-state index in [2.05, 4.69) is 21.2 Å². The Labute approximate surface area is 114 Å². The number of anilines is 2. The molecule has 2 nitrogen and oxygen atoms in total. The zero-order chi connectivity index (χ0) is 12.3. The average Bonchev–Trinajstić information content (AvgIpc) is 2.29. The molecule has 0 atom stereocenters. The molecule has 0 saturated carbocycles. The molecule has 2 aromatic carbocycles. The summed E-state index contributed by atoms with van der Waals surface area (Å²) < 4.78 is 1.04. The molecule has 0 aliphatic heterocycles. The van der Waals surface area contributed by atoms with Crippen molar-refractivity contribution in [3.05, 3.63) is 58.6 Å². The van der Waals surface area contributed by atoms with Crippen molar-refractivity contribution in [2.24, 2.45) is 5.73 Å². The lowest BCUT2D eigenvalue weighted by Crippen LogP contribution is -2.08. The highest BCUT2D eigenvalue weighted by Gasteiger charge is 1.98. The number of benzene rings is 2. The largest absolute Gasteiger partial charge is 0.389 e. The summed E-state index contributed by atoms with van der Waals surface area (Å²) in [7, 11) is 0. The predicted octanol–water partition coefficient (Wildman–Crippen LogP) is 3.83. The van der Waals surface area contributed by atoms with E-state index in [4.69, 9.17) is 18.0 Å². The number of halogens is 1. The fourth-order valence-corrected chi connectivity index (χ4v) is 1.99. The molecule has 0 aromatic heterocycles. The summed E-state index contributed by atoms with van der Waals surface area (Å²) >= 11 is 8.34. The number of nitrogens with one attached hydrogen (secondary N) is 1. The van der Waals surface area contributed by atoms with Crippen LogP contribution in [0.3, 0.4) is 0 Å². The van der Waals surface area contributed by atoms with Crippen molar-refractivity contribution in [1.82, 2.24) is 0 Å². The smallest absolute Gasteiger partial charge is 0.103 e. The van der Waals surface area contributed by atoms with Gasteiger partial charge in [-0.1, -0.05) is 34.2 Å². The molecule has 86 valence electrons. The van der Waals surface area contributed by atoms with E-state index >= 15 is 0 Å². The highest BCUT2D eigenvalue weighted by molar-refractivity contribution is 9.10. The van der Waals surface area contributed by atoms with Crippen LogP contribution in [0.25, 0.3) is 0 Å². The van der Waals surface area contributed by atoms with Gasteiger partial charge in [-0.05, 0) is 42.5 Å². The van der Waals surface area contributed by atoms with Crippen LogP contribution in [0.1, 0.15) is 5.56 Å². The van der Waals surface area contributed by atoms with Crippen LogP contribution in [0.2, 0.25) is 0 Å². The Hall–Kier alpha value is -1.39. The Bertz CT molecular complexity index is 537. The number of nitrogens with two attached hydrogens (primary N) is 1. The van der Waals surface area contributed by atoms with Crippen molar-refractivity contribution in [1.29, 1.82) is 0 Å². The third kappa shape index (κ3) is 3.28. The zero-order valence-electron chi connectivity index (χ0n) is 8.98. The van der Waals surface area contributed by atoms with E-state index in [0.29, 0.717) is 4.99 Å². The van der Waals surface area contributed by atoms with Crippen LogP contribution in [-0.4, -0.2) is 4.99 Å². The molecule has 0 aliphatic rings. The van der Waals surface area contributed by atoms with Gasteiger partial charge in [-0.15, -0.1) is 0 Å². The van der Waals surface area contributed by atoms with Gasteiger partial charge in [0.2, 0.25) is 0 Å². The second-order valence-corrected chi connectivity index (χ2v) is 4.93. The maximum atomic E-state index is 5.54. The fourth-order valence-electron chi connectivity index (χ4n) is 1.45. The Morgan fingerprint density at radius 1 is 1.06 bits per heavy atom. The van der Waals surface area contributed by atoms with Gasteiger partial charge in [-0.2, -0.15) is 0 Å². The number of hydrogen-bond donors (Lipinski definition) is 2. The standard InChI is InChI=1S/C13H11BrN2S/c14-10-2-1-3-12(8-10)16-11-6-4-9(5-7-11)13(15)17/h1-8,16H,(H2,15,17). The minimum Gasteiger partial charge on any atom is -0.389 e. The molecule has 0 heterocycles. The van der Waals surface area contributed by atoms with Crippen LogP contribution < -0.4 is 11.1 Å². The SMILES string of the molecule is NC(=S)c1ccc(Nc2cccc(Br)c2)cc1. The van der Waals surface area contributed by atoms with Gasteiger partial charge >= 0.3 is 0 Å². The van der Waals surface area contributed by atoms with Crippen LogP contribution in [0.4, 0.5) is 11.4 Å². The summed E-state index contributed by atoms with van der Waals surface area (Å²) in [5, 5.41) is 3.30. The summed E-state index contributed by atoms with van der Waals surface area (Å²) in [5.41, 5.74) is 8.45. The van der Waals surface area contributed by atoms with E-state index in [1.54, 1.807) is 0 Å². The van der Waals surface area contributed by atoms with Gasteiger partial charge in [0, 0.05) is 21.4 Å². The van der Waals surface area contributed by atoms with E-state index in [1.165, 1.54) is 0 Å². The molecule has 2 aromatic rings. The number of thiocarbonyl (C=S) groups is 1. The van der Waals surface area contributed by atoms with E-state index in [9.17, 15) is 0 Å². The molecule has 4 heteroatoms. The third-order valence-electron chi connectivity index (χ3n) is 2.28. The first-order chi connectivity index (χ1) is 8.15. The van der Waals surface area contributed by atoms with Crippen LogP contribution in [0.5, 0.6) is 0 Å². The molecule has 3 N–H and O–H groups in total. The fraction of sp³-hybridized carbons (Fsp3) is 0. The average molecular weight is 307 g/mol. The normalized spacial score (nSPS) is 9.94. The maximum Gasteiger partial charge on any atom is 0.103 e. The van der Waals surface area contributed by atoms with Crippen molar-refractivity contribution in [2.45, 2.75) is 0 Å². The topological polar surface area (TPSA) is 38.0 Å². The summed E-state index contributed by atoms with van der Waals surface area (Å²) in [4.78, 5) is 0.416. The summed E-state index contributed by atoms with van der Waals surface area (Å²) in [6.07, 6.45) is 0. The highest BCUT2D eigenvalue weighted by atomic mass is 79.9. The molecule has 0 fully saturated rings. The quantitative estimate of drug-likeness (QED) is 0.847. The minimum absolute atomic E-state index is 0.416. The highest BCUT2D eigenvalue weighted by Crippen LogP contribution is 2.20. The van der Waals surface area contributed by atoms with Crippen molar-refractivity contribution < 1.29 is 0 Å². The van der Waals surface area contributed by atoms with Crippen LogP contribution in [-0.2, 0) is 0 Å². The summed E-state index contributed by atoms with van der Waals surface area (Å²) in [5.74, 6) is 0. The lowest BCUT2D eigenvalue weighted by molar-refractivity contribution is 1.52. The Morgan fingerprint density at radius 3 is 2.35 bits per heavy atom. The van der Waals surface area contributed by atoms with Crippen LogP contribution in [0, 0.1) is 0 Å². The van der Waals surface area contributed by atoms with Gasteiger partial charge in [-0.3, -0.25) is 0 Å². The van der Waals surface area contributed by atoms with E-state index in [0.717, 1.165) is 21.4 Å². The lowest BCUT2D eigenvalue weighted by Gasteiger charge is -2.07. The third-order valence-corrected chi connectivity index (χ3v) is 3.01. The molecule has 0 unspecified atom stereocenters. The first-order valence-corrected chi connectivity index (χ1v) is 6.28. The molecule has 17 heavy (non-hydrogen) atoms.